The Labute approximate surface area is 110 Å². The molecule has 1 saturated heterocycles. The highest BCUT2D eigenvalue weighted by Crippen LogP contribution is 2.02. The minimum atomic E-state index is -0.218. The first-order valence-electron chi connectivity index (χ1n) is 6.31. The van der Waals surface area contributed by atoms with Gasteiger partial charge in [0.2, 0.25) is 11.8 Å². The average molecular weight is 266 g/mol. The van der Waals surface area contributed by atoms with E-state index in [9.17, 15) is 9.59 Å². The van der Waals surface area contributed by atoms with Crippen LogP contribution < -0.4 is 16.0 Å². The van der Waals surface area contributed by atoms with E-state index in [2.05, 4.69) is 26.1 Å². The fourth-order valence-electron chi connectivity index (χ4n) is 1.99. The largest absolute Gasteiger partial charge is 0.350 e. The highest BCUT2D eigenvalue weighted by Gasteiger charge is 2.16. The van der Waals surface area contributed by atoms with E-state index in [1.807, 2.05) is 0 Å². The Morgan fingerprint density at radius 2 is 2.42 bits per heavy atom. The van der Waals surface area contributed by atoms with Gasteiger partial charge in [-0.2, -0.15) is 9.90 Å². The number of anilines is 1. The number of nitrogens with zero attached hydrogens (tertiary/aromatic N) is 3. The van der Waals surface area contributed by atoms with Crippen molar-refractivity contribution in [3.8, 4) is 0 Å². The van der Waals surface area contributed by atoms with Gasteiger partial charge in [0, 0.05) is 19.5 Å². The van der Waals surface area contributed by atoms with Gasteiger partial charge in [-0.05, 0) is 19.4 Å². The summed E-state index contributed by atoms with van der Waals surface area (Å²) in [5.41, 5.74) is 0. The summed E-state index contributed by atoms with van der Waals surface area (Å²) in [5, 5.41) is 16.6. The molecule has 0 spiro atoms. The smallest absolute Gasteiger partial charge is 0.243 e. The topological polar surface area (TPSA) is 101 Å². The standard InChI is InChI=1S/C11H18N6O2/c1-8(18)14-10-6-13-17(16-10)7-11(19)15-9-3-2-4-12-5-9/h6,9,12H,2-5,7H2,1H3,(H,15,19)(H,14,16,18). The van der Waals surface area contributed by atoms with E-state index in [1.54, 1.807) is 0 Å². The lowest BCUT2D eigenvalue weighted by Crippen LogP contribution is -2.46. The molecule has 2 heterocycles. The normalized spacial score (nSPS) is 18.9. The van der Waals surface area contributed by atoms with Crippen molar-refractivity contribution < 1.29 is 9.59 Å². The molecule has 8 heteroatoms. The molecular weight excluding hydrogens is 248 g/mol. The van der Waals surface area contributed by atoms with Gasteiger partial charge in [-0.1, -0.05) is 0 Å². The van der Waals surface area contributed by atoms with Gasteiger partial charge in [0.25, 0.3) is 0 Å². The molecule has 0 bridgehead atoms. The van der Waals surface area contributed by atoms with Crippen LogP contribution in [0.4, 0.5) is 5.82 Å². The molecule has 104 valence electrons. The number of aromatic nitrogens is 3. The number of piperidine rings is 1. The fraction of sp³-hybridized carbons (Fsp3) is 0.636. The van der Waals surface area contributed by atoms with Crippen LogP contribution in [0.5, 0.6) is 0 Å². The quantitative estimate of drug-likeness (QED) is 0.656. The Morgan fingerprint density at radius 3 is 3.11 bits per heavy atom. The van der Waals surface area contributed by atoms with Crippen molar-refractivity contribution in [3.05, 3.63) is 6.20 Å². The first-order chi connectivity index (χ1) is 9.13. The monoisotopic (exact) mass is 266 g/mol. The van der Waals surface area contributed by atoms with Gasteiger partial charge in [0.15, 0.2) is 5.82 Å². The van der Waals surface area contributed by atoms with Crippen LogP contribution in [0.2, 0.25) is 0 Å². The highest BCUT2D eigenvalue weighted by atomic mass is 16.2. The van der Waals surface area contributed by atoms with Crippen molar-refractivity contribution in [2.24, 2.45) is 0 Å². The number of amides is 2. The minimum Gasteiger partial charge on any atom is -0.350 e. The summed E-state index contributed by atoms with van der Waals surface area (Å²) in [6, 6.07) is 0.173. The predicted octanol–water partition coefficient (Wildman–Crippen LogP) is -0.895. The first kappa shape index (κ1) is 13.5. The molecule has 1 aromatic heterocycles. The third kappa shape index (κ3) is 4.32. The molecule has 1 aliphatic rings. The molecule has 3 N–H and O–H groups in total. The van der Waals surface area contributed by atoms with Gasteiger partial charge in [-0.15, -0.1) is 5.10 Å². The van der Waals surface area contributed by atoms with Crippen LogP contribution >= 0.6 is 0 Å². The van der Waals surface area contributed by atoms with Crippen molar-refractivity contribution in [3.63, 3.8) is 0 Å². The molecule has 1 unspecified atom stereocenters. The van der Waals surface area contributed by atoms with Gasteiger partial charge in [-0.3, -0.25) is 9.59 Å². The Bertz CT molecular complexity index is 452. The second-order valence-corrected chi connectivity index (χ2v) is 4.55. The van der Waals surface area contributed by atoms with Crippen molar-refractivity contribution in [2.75, 3.05) is 18.4 Å². The van der Waals surface area contributed by atoms with Gasteiger partial charge >= 0.3 is 0 Å². The zero-order chi connectivity index (χ0) is 13.7. The van der Waals surface area contributed by atoms with Gasteiger partial charge in [0.05, 0.1) is 6.20 Å². The van der Waals surface area contributed by atoms with E-state index in [1.165, 1.54) is 17.9 Å². The molecule has 0 radical (unpaired) electrons. The molecule has 2 rings (SSSR count). The number of rotatable bonds is 4. The third-order valence-corrected chi connectivity index (χ3v) is 2.79. The van der Waals surface area contributed by atoms with Crippen LogP contribution in [0.25, 0.3) is 0 Å². The molecule has 1 atom stereocenters. The number of hydrogen-bond acceptors (Lipinski definition) is 5. The van der Waals surface area contributed by atoms with E-state index in [4.69, 9.17) is 0 Å². The molecule has 0 saturated carbocycles. The highest BCUT2D eigenvalue weighted by molar-refractivity contribution is 5.87. The van der Waals surface area contributed by atoms with Crippen LogP contribution in [-0.2, 0) is 16.1 Å². The maximum Gasteiger partial charge on any atom is 0.243 e. The van der Waals surface area contributed by atoms with Gasteiger partial charge in [0.1, 0.15) is 6.54 Å². The maximum atomic E-state index is 11.8. The van der Waals surface area contributed by atoms with Crippen LogP contribution in [0.3, 0.4) is 0 Å². The van der Waals surface area contributed by atoms with E-state index in [0.29, 0.717) is 5.82 Å². The minimum absolute atomic E-state index is 0.0517. The van der Waals surface area contributed by atoms with Crippen LogP contribution in [-0.4, -0.2) is 45.9 Å². The number of nitrogens with one attached hydrogen (secondary N) is 3. The number of hydrogen-bond donors (Lipinski definition) is 3. The van der Waals surface area contributed by atoms with E-state index in [0.717, 1.165) is 25.9 Å². The number of carbonyl (C=O) groups excluding carboxylic acids is 2. The van der Waals surface area contributed by atoms with Crippen molar-refractivity contribution in [2.45, 2.75) is 32.4 Å². The molecule has 1 aromatic rings. The van der Waals surface area contributed by atoms with Crippen LogP contribution in [0.15, 0.2) is 6.20 Å². The summed E-state index contributed by atoms with van der Waals surface area (Å²) >= 11 is 0. The molecule has 1 aliphatic heterocycles. The Morgan fingerprint density at radius 1 is 1.58 bits per heavy atom. The molecule has 0 aromatic carbocycles. The second kappa shape index (κ2) is 6.28. The van der Waals surface area contributed by atoms with Gasteiger partial charge in [-0.25, -0.2) is 0 Å². The Hall–Kier alpha value is -1.96. The Balaban J connectivity index is 1.81. The van der Waals surface area contributed by atoms with Crippen molar-refractivity contribution in [1.29, 1.82) is 0 Å². The molecule has 8 nitrogen and oxygen atoms in total. The lowest BCUT2D eigenvalue weighted by Gasteiger charge is -2.23. The predicted molar refractivity (Wildman–Crippen MR) is 68.4 cm³/mol. The fourth-order valence-corrected chi connectivity index (χ4v) is 1.99. The molecule has 2 amide bonds. The van der Waals surface area contributed by atoms with Crippen LogP contribution in [0, 0.1) is 0 Å². The SMILES string of the molecule is CC(=O)Nc1cnn(CC(=O)NC2CCCNC2)n1. The lowest BCUT2D eigenvalue weighted by molar-refractivity contribution is -0.122. The summed E-state index contributed by atoms with van der Waals surface area (Å²) in [4.78, 5) is 23.9. The lowest BCUT2D eigenvalue weighted by atomic mass is 10.1. The van der Waals surface area contributed by atoms with E-state index in [-0.39, 0.29) is 24.4 Å². The molecule has 1 fully saturated rings. The van der Waals surface area contributed by atoms with Gasteiger partial charge < -0.3 is 16.0 Å². The molecule has 0 aliphatic carbocycles. The maximum absolute atomic E-state index is 11.8. The molecular formula is C11H18N6O2. The van der Waals surface area contributed by atoms with Crippen molar-refractivity contribution >= 4 is 17.6 Å². The van der Waals surface area contributed by atoms with Crippen LogP contribution in [0.1, 0.15) is 19.8 Å². The van der Waals surface area contributed by atoms with E-state index < -0.39 is 0 Å². The third-order valence-electron chi connectivity index (χ3n) is 2.79. The number of carbonyl (C=O) groups is 2. The molecule has 19 heavy (non-hydrogen) atoms. The first-order valence-corrected chi connectivity index (χ1v) is 6.31. The Kier molecular flexibility index (Phi) is 4.45. The van der Waals surface area contributed by atoms with E-state index >= 15 is 0 Å². The average Bonchev–Trinajstić information content (AvgIpc) is 2.76. The summed E-state index contributed by atoms with van der Waals surface area (Å²) in [6.07, 6.45) is 3.47. The summed E-state index contributed by atoms with van der Waals surface area (Å²) in [5.74, 6) is 0.00286. The van der Waals surface area contributed by atoms with Crippen molar-refractivity contribution in [1.82, 2.24) is 25.6 Å². The summed E-state index contributed by atoms with van der Waals surface area (Å²) in [7, 11) is 0. The zero-order valence-electron chi connectivity index (χ0n) is 10.8. The zero-order valence-corrected chi connectivity index (χ0v) is 10.8. The summed E-state index contributed by atoms with van der Waals surface area (Å²) in [6.45, 7) is 3.25. The summed E-state index contributed by atoms with van der Waals surface area (Å²) < 4.78 is 0. The second-order valence-electron chi connectivity index (χ2n) is 4.55.